The molecule has 0 spiro atoms. The molecule has 2 aromatic heterocycles. The van der Waals surface area contributed by atoms with Crippen LogP contribution in [0, 0.1) is 13.8 Å². The van der Waals surface area contributed by atoms with Gasteiger partial charge >= 0.3 is 0 Å². The van der Waals surface area contributed by atoms with Crippen LogP contribution in [0.1, 0.15) is 75.1 Å². The lowest BCUT2D eigenvalue weighted by Gasteiger charge is -2.21. The Bertz CT molecular complexity index is 797. The molecule has 0 unspecified atom stereocenters. The van der Waals surface area contributed by atoms with Crippen LogP contribution in [0.15, 0.2) is 6.07 Å². The first-order valence-corrected chi connectivity index (χ1v) is 9.65. The molecule has 142 valence electrons. The van der Waals surface area contributed by atoms with Crippen molar-refractivity contribution in [2.24, 2.45) is 0 Å². The van der Waals surface area contributed by atoms with Gasteiger partial charge in [0.25, 0.3) is 0 Å². The predicted molar refractivity (Wildman–Crippen MR) is 103 cm³/mol. The van der Waals surface area contributed by atoms with Gasteiger partial charge in [0.05, 0.1) is 11.7 Å². The molecule has 1 aliphatic heterocycles. The lowest BCUT2D eigenvalue weighted by molar-refractivity contribution is -0.122. The van der Waals surface area contributed by atoms with E-state index in [1.807, 2.05) is 32.2 Å². The molecule has 6 nitrogen and oxygen atoms in total. The quantitative estimate of drug-likeness (QED) is 0.882. The molecule has 0 saturated carbocycles. The first-order valence-electron chi connectivity index (χ1n) is 9.65. The molecular formula is C20H31N5O. The van der Waals surface area contributed by atoms with E-state index in [0.29, 0.717) is 18.9 Å². The minimum Gasteiger partial charge on any atom is -0.351 e. The maximum Gasteiger partial charge on any atom is 0.220 e. The highest BCUT2D eigenvalue weighted by Gasteiger charge is 2.20. The number of aromatic nitrogens is 3. The van der Waals surface area contributed by atoms with Gasteiger partial charge < -0.3 is 10.6 Å². The Morgan fingerprint density at radius 1 is 1.35 bits per heavy atom. The van der Waals surface area contributed by atoms with Crippen LogP contribution in [0.5, 0.6) is 0 Å². The van der Waals surface area contributed by atoms with Gasteiger partial charge in [0.2, 0.25) is 5.91 Å². The van der Waals surface area contributed by atoms with E-state index < -0.39 is 0 Å². The summed E-state index contributed by atoms with van der Waals surface area (Å²) in [5.41, 5.74) is 4.95. The molecule has 26 heavy (non-hydrogen) atoms. The van der Waals surface area contributed by atoms with Crippen molar-refractivity contribution >= 4 is 11.6 Å². The van der Waals surface area contributed by atoms with E-state index in [1.54, 1.807) is 0 Å². The molecule has 2 N–H and O–H groups in total. The van der Waals surface area contributed by atoms with E-state index in [9.17, 15) is 4.79 Å². The SMILES string of the molecule is Cc1nc2cc([C@@H]3CCCCN3)nn2c(C)c1CCC(=O)NC(C)(C)C. The van der Waals surface area contributed by atoms with Crippen molar-refractivity contribution in [1.82, 2.24) is 25.2 Å². The molecular weight excluding hydrogens is 326 g/mol. The molecule has 0 aliphatic carbocycles. The number of rotatable bonds is 4. The molecule has 0 radical (unpaired) electrons. The number of nitrogens with one attached hydrogen (secondary N) is 2. The van der Waals surface area contributed by atoms with E-state index in [4.69, 9.17) is 10.1 Å². The largest absolute Gasteiger partial charge is 0.351 e. The predicted octanol–water partition coefficient (Wildman–Crippen LogP) is 3.01. The van der Waals surface area contributed by atoms with E-state index in [2.05, 4.69) is 23.6 Å². The number of carbonyl (C=O) groups excluding carboxylic acids is 1. The first kappa shape index (κ1) is 18.8. The van der Waals surface area contributed by atoms with Crippen LogP contribution >= 0.6 is 0 Å². The molecule has 1 atom stereocenters. The normalized spacial score (nSPS) is 18.3. The van der Waals surface area contributed by atoms with Crippen molar-refractivity contribution in [1.29, 1.82) is 0 Å². The Labute approximate surface area is 155 Å². The second-order valence-corrected chi connectivity index (χ2v) is 8.40. The summed E-state index contributed by atoms with van der Waals surface area (Å²) in [4.78, 5) is 16.9. The van der Waals surface area contributed by atoms with Crippen molar-refractivity contribution in [3.8, 4) is 0 Å². The third-order valence-electron chi connectivity index (χ3n) is 4.97. The van der Waals surface area contributed by atoms with Crippen LogP contribution in [0.4, 0.5) is 0 Å². The molecule has 1 saturated heterocycles. The molecule has 3 heterocycles. The summed E-state index contributed by atoms with van der Waals surface area (Å²) in [6.07, 6.45) is 4.75. The van der Waals surface area contributed by atoms with Gasteiger partial charge in [-0.05, 0) is 66.0 Å². The van der Waals surface area contributed by atoms with Crippen molar-refractivity contribution in [2.75, 3.05) is 6.54 Å². The van der Waals surface area contributed by atoms with Crippen LogP contribution in [0.3, 0.4) is 0 Å². The highest BCUT2D eigenvalue weighted by molar-refractivity contribution is 5.77. The Morgan fingerprint density at radius 3 is 2.77 bits per heavy atom. The third kappa shape index (κ3) is 4.23. The number of fused-ring (bicyclic) bond motifs is 1. The molecule has 2 aromatic rings. The lowest BCUT2D eigenvalue weighted by atomic mass is 10.0. The van der Waals surface area contributed by atoms with E-state index in [0.717, 1.165) is 41.3 Å². The molecule has 3 rings (SSSR count). The second-order valence-electron chi connectivity index (χ2n) is 8.40. The fourth-order valence-electron chi connectivity index (χ4n) is 3.70. The number of piperidine rings is 1. The minimum atomic E-state index is -0.201. The topological polar surface area (TPSA) is 71.3 Å². The molecule has 0 aromatic carbocycles. The fraction of sp³-hybridized carbons (Fsp3) is 0.650. The first-order chi connectivity index (χ1) is 12.2. The van der Waals surface area contributed by atoms with Crippen molar-refractivity contribution < 1.29 is 4.79 Å². The zero-order valence-corrected chi connectivity index (χ0v) is 16.6. The lowest BCUT2D eigenvalue weighted by Crippen LogP contribution is -2.40. The summed E-state index contributed by atoms with van der Waals surface area (Å²) >= 11 is 0. The Hall–Kier alpha value is -1.95. The van der Waals surface area contributed by atoms with Gasteiger partial charge in [-0.1, -0.05) is 6.42 Å². The maximum atomic E-state index is 12.2. The van der Waals surface area contributed by atoms with Crippen LogP contribution in [-0.2, 0) is 11.2 Å². The average molecular weight is 358 g/mol. The Kier molecular flexibility index (Phi) is 5.32. The van der Waals surface area contributed by atoms with Gasteiger partial charge in [-0.15, -0.1) is 0 Å². The van der Waals surface area contributed by atoms with Crippen molar-refractivity contribution in [2.45, 2.75) is 78.3 Å². The number of hydrogen-bond donors (Lipinski definition) is 2. The van der Waals surface area contributed by atoms with E-state index in [-0.39, 0.29) is 11.4 Å². The fourth-order valence-corrected chi connectivity index (χ4v) is 3.70. The molecule has 0 bridgehead atoms. The number of aryl methyl sites for hydroxylation is 2. The smallest absolute Gasteiger partial charge is 0.220 e. The minimum absolute atomic E-state index is 0.0731. The van der Waals surface area contributed by atoms with Crippen LogP contribution in [0.25, 0.3) is 5.65 Å². The molecule has 1 amide bonds. The summed E-state index contributed by atoms with van der Waals surface area (Å²) < 4.78 is 1.94. The summed E-state index contributed by atoms with van der Waals surface area (Å²) in [7, 11) is 0. The number of amides is 1. The Morgan fingerprint density at radius 2 is 2.12 bits per heavy atom. The highest BCUT2D eigenvalue weighted by atomic mass is 16.1. The van der Waals surface area contributed by atoms with Crippen LogP contribution < -0.4 is 10.6 Å². The van der Waals surface area contributed by atoms with Gasteiger partial charge in [-0.25, -0.2) is 9.50 Å². The zero-order valence-electron chi connectivity index (χ0n) is 16.6. The van der Waals surface area contributed by atoms with E-state index in [1.165, 1.54) is 12.8 Å². The highest BCUT2D eigenvalue weighted by Crippen LogP contribution is 2.24. The standard InChI is InChI=1S/C20H31N5O/c1-13-15(9-10-19(26)23-20(3,4)5)14(2)25-18(22-13)12-17(24-25)16-8-6-7-11-21-16/h12,16,21H,6-11H2,1-5H3,(H,23,26)/t16-/m0/s1. The van der Waals surface area contributed by atoms with Gasteiger partial charge in [0.15, 0.2) is 5.65 Å². The maximum absolute atomic E-state index is 12.2. The molecule has 1 aliphatic rings. The van der Waals surface area contributed by atoms with Crippen LogP contribution in [-0.4, -0.2) is 32.6 Å². The van der Waals surface area contributed by atoms with Gasteiger partial charge in [0, 0.05) is 29.4 Å². The van der Waals surface area contributed by atoms with Crippen molar-refractivity contribution in [3.05, 3.63) is 28.7 Å². The van der Waals surface area contributed by atoms with Gasteiger partial charge in [-0.3, -0.25) is 4.79 Å². The molecule has 6 heteroatoms. The van der Waals surface area contributed by atoms with E-state index >= 15 is 0 Å². The zero-order chi connectivity index (χ0) is 18.9. The molecule has 1 fully saturated rings. The van der Waals surface area contributed by atoms with Crippen molar-refractivity contribution in [3.63, 3.8) is 0 Å². The number of nitrogens with zero attached hydrogens (tertiary/aromatic N) is 3. The second kappa shape index (κ2) is 7.35. The van der Waals surface area contributed by atoms with Gasteiger partial charge in [-0.2, -0.15) is 5.10 Å². The monoisotopic (exact) mass is 357 g/mol. The summed E-state index contributed by atoms with van der Waals surface area (Å²) in [5.74, 6) is 0.0731. The Balaban J connectivity index is 1.81. The summed E-state index contributed by atoms with van der Waals surface area (Å²) in [5, 5.41) is 11.4. The number of carbonyl (C=O) groups is 1. The summed E-state index contributed by atoms with van der Waals surface area (Å²) in [6.45, 7) is 11.1. The van der Waals surface area contributed by atoms with Gasteiger partial charge in [0.1, 0.15) is 0 Å². The average Bonchev–Trinajstić information content (AvgIpc) is 2.98. The summed E-state index contributed by atoms with van der Waals surface area (Å²) in [6, 6.07) is 2.42. The number of hydrogen-bond acceptors (Lipinski definition) is 4. The van der Waals surface area contributed by atoms with Crippen LogP contribution in [0.2, 0.25) is 0 Å². The third-order valence-corrected chi connectivity index (χ3v) is 4.97.